The Morgan fingerprint density at radius 1 is 1.19 bits per heavy atom. The summed E-state index contributed by atoms with van der Waals surface area (Å²) in [4.78, 5) is 17.8. The zero-order chi connectivity index (χ0) is 29.8. The number of pyridine rings is 1. The summed E-state index contributed by atoms with van der Waals surface area (Å²) in [5, 5.41) is 26.7. The molecular weight excluding hydrogens is 556 g/mol. The summed E-state index contributed by atoms with van der Waals surface area (Å²) in [6, 6.07) is 2.12. The summed E-state index contributed by atoms with van der Waals surface area (Å²) in [5.41, 5.74) is 2.10. The van der Waals surface area contributed by atoms with E-state index in [1.54, 1.807) is 13.8 Å². The van der Waals surface area contributed by atoms with Gasteiger partial charge in [-0.15, -0.1) is 9.24 Å². The van der Waals surface area contributed by atoms with Crippen LogP contribution in [-0.2, 0) is 33.4 Å². The normalized spacial score (nSPS) is 41.3. The van der Waals surface area contributed by atoms with Crippen molar-refractivity contribution in [3.8, 4) is 0 Å². The van der Waals surface area contributed by atoms with E-state index in [0.29, 0.717) is 25.8 Å². The summed E-state index contributed by atoms with van der Waals surface area (Å²) in [6.07, 6.45) is 7.59. The molecule has 2 aromatic rings. The molecule has 3 saturated carbocycles. The van der Waals surface area contributed by atoms with Crippen LogP contribution in [0.25, 0.3) is 6.08 Å². The maximum atomic E-state index is 16.5. The van der Waals surface area contributed by atoms with Crippen molar-refractivity contribution in [2.45, 2.75) is 95.9 Å². The van der Waals surface area contributed by atoms with Gasteiger partial charge in [0.2, 0.25) is 0 Å². The molecule has 0 aromatic carbocycles. The van der Waals surface area contributed by atoms with Crippen LogP contribution in [0.1, 0.15) is 69.3 Å². The van der Waals surface area contributed by atoms with Gasteiger partial charge < -0.3 is 19.7 Å². The van der Waals surface area contributed by atoms with E-state index in [2.05, 4.69) is 27.2 Å². The molecule has 2 N–H and O–H groups in total. The fourth-order valence-electron chi connectivity index (χ4n) is 10.0. The lowest BCUT2D eigenvalue weighted by atomic mass is 9.45. The van der Waals surface area contributed by atoms with Crippen LogP contribution < -0.4 is 0 Å². The molecule has 0 spiro atoms. The van der Waals surface area contributed by atoms with E-state index < -0.39 is 53.0 Å². The number of allylic oxidation sites excluding steroid dienone is 1. The van der Waals surface area contributed by atoms with E-state index in [1.165, 1.54) is 0 Å². The third-order valence-corrected chi connectivity index (χ3v) is 11.9. The lowest BCUT2D eigenvalue weighted by molar-refractivity contribution is -0.228. The van der Waals surface area contributed by atoms with Gasteiger partial charge in [0.25, 0.3) is 0 Å². The van der Waals surface area contributed by atoms with Gasteiger partial charge in [0.1, 0.15) is 12.8 Å². The van der Waals surface area contributed by atoms with Gasteiger partial charge in [-0.3, -0.25) is 14.5 Å². The largest absolute Gasteiger partial charge is 0.393 e. The number of halogens is 1. The average Bonchev–Trinajstić information content (AvgIpc) is 3.52. The predicted molar refractivity (Wildman–Crippen MR) is 157 cm³/mol. The zero-order valence-corrected chi connectivity index (χ0v) is 25.9. The van der Waals surface area contributed by atoms with Gasteiger partial charge in [-0.2, -0.15) is 5.10 Å². The highest BCUT2D eigenvalue weighted by Crippen LogP contribution is 2.71. The summed E-state index contributed by atoms with van der Waals surface area (Å²) in [7, 11) is 2.72. The van der Waals surface area contributed by atoms with Crippen molar-refractivity contribution in [1.82, 2.24) is 14.8 Å². The molecule has 1 aliphatic heterocycles. The molecule has 1 unspecified atom stereocenters. The minimum Gasteiger partial charge on any atom is -0.393 e. The fraction of sp³-hybridized carbons (Fsp3) is 0.656. The van der Waals surface area contributed by atoms with Crippen molar-refractivity contribution in [3.05, 3.63) is 52.6 Å². The molecule has 10 atom stereocenters. The molecule has 5 aliphatic rings. The monoisotopic (exact) mass is 597 g/mol. The number of hydrogen-bond acceptors (Lipinski definition) is 7. The SMILES string of the molecule is CC1(C)O[C@@H]2C[C@H]3[C@@H]4C[C@H](F)C5=Cc6c(cnn6Cc6cncc(CP)c6)C[C@]5(C)[C@H]4[C@@H](O)C[C@]3(C)[C@]2(C(=O)CO)O1. The van der Waals surface area contributed by atoms with E-state index in [9.17, 15) is 15.0 Å². The molecule has 8 nitrogen and oxygen atoms in total. The maximum Gasteiger partial charge on any atom is 0.193 e. The quantitative estimate of drug-likeness (QED) is 0.505. The van der Waals surface area contributed by atoms with Gasteiger partial charge in [-0.05, 0) is 91.8 Å². The van der Waals surface area contributed by atoms with E-state index >= 15 is 4.39 Å². The Morgan fingerprint density at radius 3 is 2.69 bits per heavy atom. The van der Waals surface area contributed by atoms with Crippen LogP contribution in [0.5, 0.6) is 0 Å². The topological polar surface area (TPSA) is 107 Å². The van der Waals surface area contributed by atoms with E-state index in [0.717, 1.165) is 34.1 Å². The van der Waals surface area contributed by atoms with E-state index in [-0.39, 0.29) is 24.2 Å². The predicted octanol–water partition coefficient (Wildman–Crippen LogP) is 3.86. The second-order valence-electron chi connectivity index (χ2n) is 14.2. The summed E-state index contributed by atoms with van der Waals surface area (Å²) < 4.78 is 31.1. The van der Waals surface area contributed by atoms with Crippen molar-refractivity contribution in [3.63, 3.8) is 0 Å². The highest BCUT2D eigenvalue weighted by molar-refractivity contribution is 7.15. The van der Waals surface area contributed by atoms with Crippen LogP contribution >= 0.6 is 9.24 Å². The number of rotatable bonds is 5. The van der Waals surface area contributed by atoms with Crippen LogP contribution in [0.15, 0.2) is 30.2 Å². The zero-order valence-electron chi connectivity index (χ0n) is 24.7. The minimum atomic E-state index is -1.37. The van der Waals surface area contributed by atoms with Crippen molar-refractivity contribution >= 4 is 21.1 Å². The lowest BCUT2D eigenvalue weighted by Crippen LogP contribution is -2.65. The van der Waals surface area contributed by atoms with Gasteiger partial charge in [-0.1, -0.05) is 19.9 Å². The molecular formula is C32H41FN3O5P. The van der Waals surface area contributed by atoms with Crippen molar-refractivity contribution < 1.29 is 28.9 Å². The second kappa shape index (κ2) is 9.48. The number of nitrogens with zero attached hydrogens (tertiary/aromatic N) is 3. The van der Waals surface area contributed by atoms with E-state index in [4.69, 9.17) is 14.6 Å². The Labute approximate surface area is 248 Å². The standard InChI is InChI=1S/C32H41FN3O5P/c1-29(2)40-27-8-21-20-6-23(33)22-7-24-19(13-35-36(24)14-17-5-18(16-42)12-34-11-17)9-30(22,3)28(20)25(38)10-31(21,4)32(27,41-29)26(39)15-37/h5,7,11-13,20-21,23,25,27-28,37-38H,6,8-10,14-16,42H2,1-4H3/t20-,21-,23-,25-,27+,28+,30-,31-,32+/m0/s1. The van der Waals surface area contributed by atoms with Crippen LogP contribution in [-0.4, -0.2) is 67.1 Å². The summed E-state index contributed by atoms with van der Waals surface area (Å²) in [6.45, 7) is 7.53. The van der Waals surface area contributed by atoms with Crippen LogP contribution in [0.2, 0.25) is 0 Å². The first-order valence-electron chi connectivity index (χ1n) is 15.1. The van der Waals surface area contributed by atoms with Crippen LogP contribution in [0.4, 0.5) is 4.39 Å². The maximum absolute atomic E-state index is 16.5. The molecule has 226 valence electrons. The first-order chi connectivity index (χ1) is 19.9. The third-order valence-electron chi connectivity index (χ3n) is 11.4. The first-order valence-corrected chi connectivity index (χ1v) is 15.9. The number of fused-ring (bicyclic) bond motifs is 8. The number of ether oxygens (including phenoxy) is 2. The minimum absolute atomic E-state index is 0.0975. The Morgan fingerprint density at radius 2 is 1.95 bits per heavy atom. The van der Waals surface area contributed by atoms with Gasteiger partial charge in [-0.25, -0.2) is 4.39 Å². The highest BCUT2D eigenvalue weighted by Gasteiger charge is 2.77. The van der Waals surface area contributed by atoms with Gasteiger partial charge in [0.05, 0.1) is 30.6 Å². The summed E-state index contributed by atoms with van der Waals surface area (Å²) in [5.74, 6) is -1.87. The molecule has 1 saturated heterocycles. The number of alkyl halides is 1. The smallest absolute Gasteiger partial charge is 0.193 e. The Kier molecular flexibility index (Phi) is 6.49. The number of aromatic nitrogens is 3. The van der Waals surface area contributed by atoms with Gasteiger partial charge >= 0.3 is 0 Å². The highest BCUT2D eigenvalue weighted by atomic mass is 31.0. The number of aliphatic hydroxyl groups is 2. The Balaban J connectivity index is 1.24. The molecule has 7 rings (SSSR count). The molecule has 4 fully saturated rings. The van der Waals surface area contributed by atoms with Gasteiger partial charge in [0.15, 0.2) is 17.2 Å². The number of hydrogen-bond donors (Lipinski definition) is 2. The van der Waals surface area contributed by atoms with Crippen molar-refractivity contribution in [2.75, 3.05) is 6.61 Å². The molecule has 2 aromatic heterocycles. The van der Waals surface area contributed by atoms with Crippen molar-refractivity contribution in [1.29, 1.82) is 0 Å². The molecule has 10 heteroatoms. The second-order valence-corrected chi connectivity index (χ2v) is 14.6. The third kappa shape index (κ3) is 3.79. The number of Topliss-reactive ketones (excluding diaryl/α,β-unsaturated/α-hetero) is 1. The number of aliphatic hydroxyl groups excluding tert-OH is 2. The Bertz CT molecular complexity index is 1480. The molecule has 0 radical (unpaired) electrons. The molecule has 42 heavy (non-hydrogen) atoms. The van der Waals surface area contributed by atoms with E-state index in [1.807, 2.05) is 36.3 Å². The number of carbonyl (C=O) groups is 1. The Hall–Kier alpha value is -2.03. The molecule has 0 amide bonds. The first kappa shape index (κ1) is 28.7. The molecule has 4 aliphatic carbocycles. The van der Waals surface area contributed by atoms with Crippen LogP contribution in [0, 0.1) is 28.6 Å². The van der Waals surface area contributed by atoms with Gasteiger partial charge in [0, 0.05) is 23.2 Å². The molecule has 3 heterocycles. The average molecular weight is 598 g/mol. The number of ketones is 1. The number of carbonyl (C=O) groups excluding carboxylic acids is 1. The van der Waals surface area contributed by atoms with Crippen molar-refractivity contribution in [2.24, 2.45) is 28.6 Å². The summed E-state index contributed by atoms with van der Waals surface area (Å²) >= 11 is 0. The fourth-order valence-corrected chi connectivity index (χ4v) is 10.2. The lowest BCUT2D eigenvalue weighted by Gasteiger charge is -2.61. The van der Waals surface area contributed by atoms with Crippen LogP contribution in [0.3, 0.4) is 0 Å². The molecule has 0 bridgehead atoms.